The van der Waals surface area contributed by atoms with Gasteiger partial charge in [0.25, 0.3) is 0 Å². The summed E-state index contributed by atoms with van der Waals surface area (Å²) in [5.41, 5.74) is 0. The largest absolute Gasteiger partial charge is 0.460 e. The molecule has 0 spiro atoms. The lowest BCUT2D eigenvalue weighted by Crippen LogP contribution is -2.31. The van der Waals surface area contributed by atoms with Crippen LogP contribution in [0.15, 0.2) is 11.8 Å². The van der Waals surface area contributed by atoms with Crippen LogP contribution in [0.4, 0.5) is 0 Å². The highest BCUT2D eigenvalue weighted by atomic mass is 16.7. The lowest BCUT2D eigenvalue weighted by molar-refractivity contribution is -0.158. The van der Waals surface area contributed by atoms with E-state index in [1.54, 1.807) is 6.92 Å². The van der Waals surface area contributed by atoms with Crippen molar-refractivity contribution in [2.45, 2.75) is 26.6 Å². The number of ether oxygens (including phenoxy) is 3. The minimum Gasteiger partial charge on any atom is -0.460 e. The monoisotopic (exact) mass is 212 g/mol. The average Bonchev–Trinajstić information content (AvgIpc) is 2.66. The summed E-state index contributed by atoms with van der Waals surface area (Å²) in [6.07, 6.45) is 2.58. The summed E-state index contributed by atoms with van der Waals surface area (Å²) >= 11 is 0. The van der Waals surface area contributed by atoms with Crippen molar-refractivity contribution >= 4 is 5.97 Å². The van der Waals surface area contributed by atoms with Crippen molar-refractivity contribution < 1.29 is 19.0 Å². The molecule has 2 aliphatic rings. The number of hydrogen-bond donors (Lipinski definition) is 0. The van der Waals surface area contributed by atoms with Crippen LogP contribution in [-0.2, 0) is 19.0 Å². The topological polar surface area (TPSA) is 44.8 Å². The van der Waals surface area contributed by atoms with Crippen molar-refractivity contribution in [3.8, 4) is 0 Å². The van der Waals surface area contributed by atoms with Crippen molar-refractivity contribution in [1.82, 2.24) is 0 Å². The van der Waals surface area contributed by atoms with E-state index in [2.05, 4.69) is 6.92 Å². The Bertz CT molecular complexity index is 284. The summed E-state index contributed by atoms with van der Waals surface area (Å²) in [5.74, 6) is 0.597. The lowest BCUT2D eigenvalue weighted by Gasteiger charge is -2.28. The van der Waals surface area contributed by atoms with Crippen molar-refractivity contribution in [1.29, 1.82) is 0 Å². The number of rotatable bonds is 2. The molecule has 0 aromatic carbocycles. The SMILES string of the molecule is CCOC(=O)C1=C[C@H](C)[C@@H]2CCO[C@@H]2O1. The van der Waals surface area contributed by atoms with Gasteiger partial charge < -0.3 is 14.2 Å². The van der Waals surface area contributed by atoms with E-state index in [0.29, 0.717) is 30.8 Å². The molecule has 1 fully saturated rings. The Morgan fingerprint density at radius 1 is 1.67 bits per heavy atom. The van der Waals surface area contributed by atoms with Gasteiger partial charge in [0.05, 0.1) is 13.2 Å². The number of carbonyl (C=O) groups excluding carboxylic acids is 1. The Kier molecular flexibility index (Phi) is 2.95. The Hall–Kier alpha value is -1.03. The molecule has 0 bridgehead atoms. The predicted molar refractivity (Wildman–Crippen MR) is 52.8 cm³/mol. The van der Waals surface area contributed by atoms with Crippen LogP contribution in [0.5, 0.6) is 0 Å². The van der Waals surface area contributed by atoms with Crippen molar-refractivity contribution in [3.05, 3.63) is 11.8 Å². The maximum absolute atomic E-state index is 11.5. The van der Waals surface area contributed by atoms with Gasteiger partial charge in [0.15, 0.2) is 0 Å². The number of esters is 1. The molecule has 0 aromatic rings. The zero-order chi connectivity index (χ0) is 10.8. The maximum atomic E-state index is 11.5. The minimum absolute atomic E-state index is 0.260. The number of allylic oxidation sites excluding steroid dienone is 1. The van der Waals surface area contributed by atoms with E-state index in [1.165, 1.54) is 0 Å². The van der Waals surface area contributed by atoms with Gasteiger partial charge in [0, 0.05) is 5.92 Å². The van der Waals surface area contributed by atoms with Gasteiger partial charge in [0.2, 0.25) is 12.0 Å². The van der Waals surface area contributed by atoms with E-state index < -0.39 is 5.97 Å². The molecule has 0 N–H and O–H groups in total. The van der Waals surface area contributed by atoms with E-state index in [0.717, 1.165) is 6.42 Å². The first-order valence-electron chi connectivity index (χ1n) is 5.39. The molecule has 1 saturated heterocycles. The van der Waals surface area contributed by atoms with E-state index >= 15 is 0 Å². The molecule has 0 amide bonds. The summed E-state index contributed by atoms with van der Waals surface area (Å²) in [6.45, 7) is 4.93. The molecule has 2 heterocycles. The molecule has 3 atom stereocenters. The maximum Gasteiger partial charge on any atom is 0.373 e. The highest BCUT2D eigenvalue weighted by molar-refractivity contribution is 5.86. The summed E-state index contributed by atoms with van der Waals surface area (Å²) in [4.78, 5) is 11.5. The summed E-state index contributed by atoms with van der Waals surface area (Å²) in [6, 6.07) is 0. The molecule has 0 radical (unpaired) electrons. The van der Waals surface area contributed by atoms with E-state index in [4.69, 9.17) is 14.2 Å². The Balaban J connectivity index is 2.08. The standard InChI is InChI=1S/C11H16O4/c1-3-13-10(12)9-6-7(2)8-4-5-14-11(8)15-9/h6-8,11H,3-5H2,1-2H3/t7-,8-,11+/m0/s1. The molecule has 2 aliphatic heterocycles. The molecule has 84 valence electrons. The Morgan fingerprint density at radius 2 is 2.47 bits per heavy atom. The van der Waals surface area contributed by atoms with Gasteiger partial charge in [-0.1, -0.05) is 6.92 Å². The van der Waals surface area contributed by atoms with Crippen LogP contribution in [0.2, 0.25) is 0 Å². The molecule has 15 heavy (non-hydrogen) atoms. The average molecular weight is 212 g/mol. The van der Waals surface area contributed by atoms with Crippen LogP contribution in [0.25, 0.3) is 0 Å². The third kappa shape index (κ3) is 2.00. The van der Waals surface area contributed by atoms with Gasteiger partial charge in [-0.3, -0.25) is 0 Å². The molecule has 0 saturated carbocycles. The number of carbonyl (C=O) groups is 1. The van der Waals surface area contributed by atoms with Gasteiger partial charge in [0.1, 0.15) is 0 Å². The van der Waals surface area contributed by atoms with Crippen molar-refractivity contribution in [3.63, 3.8) is 0 Å². The van der Waals surface area contributed by atoms with Gasteiger partial charge >= 0.3 is 5.97 Å². The van der Waals surface area contributed by atoms with Crippen LogP contribution >= 0.6 is 0 Å². The third-order valence-corrected chi connectivity index (χ3v) is 2.89. The van der Waals surface area contributed by atoms with Crippen molar-refractivity contribution in [2.75, 3.05) is 13.2 Å². The molecule has 0 aromatic heterocycles. The molecular weight excluding hydrogens is 196 g/mol. The first kappa shape index (κ1) is 10.5. The van der Waals surface area contributed by atoms with E-state index in [-0.39, 0.29) is 6.29 Å². The number of fused-ring (bicyclic) bond motifs is 1. The van der Waals surface area contributed by atoms with Gasteiger partial charge in [-0.05, 0) is 25.3 Å². The third-order valence-electron chi connectivity index (χ3n) is 2.89. The van der Waals surface area contributed by atoms with Crippen LogP contribution in [0, 0.1) is 11.8 Å². The second-order valence-electron chi connectivity index (χ2n) is 3.92. The summed E-state index contributed by atoms with van der Waals surface area (Å²) in [7, 11) is 0. The van der Waals surface area contributed by atoms with Gasteiger partial charge in [-0.25, -0.2) is 4.79 Å². The molecule has 4 nitrogen and oxygen atoms in total. The molecule has 0 aliphatic carbocycles. The molecule has 4 heteroatoms. The quantitative estimate of drug-likeness (QED) is 0.650. The Morgan fingerprint density at radius 3 is 3.20 bits per heavy atom. The fourth-order valence-corrected chi connectivity index (χ4v) is 2.06. The summed E-state index contributed by atoms with van der Waals surface area (Å²) < 4.78 is 15.8. The predicted octanol–water partition coefficient (Wildman–Crippen LogP) is 1.46. The van der Waals surface area contributed by atoms with Gasteiger partial charge in [-0.2, -0.15) is 0 Å². The van der Waals surface area contributed by atoms with Crippen LogP contribution in [0.3, 0.4) is 0 Å². The molecule has 0 unspecified atom stereocenters. The highest BCUT2D eigenvalue weighted by Gasteiger charge is 2.39. The van der Waals surface area contributed by atoms with E-state index in [9.17, 15) is 4.79 Å². The second-order valence-corrected chi connectivity index (χ2v) is 3.92. The van der Waals surface area contributed by atoms with E-state index in [1.807, 2.05) is 6.08 Å². The lowest BCUT2D eigenvalue weighted by atomic mass is 9.90. The Labute approximate surface area is 89.2 Å². The zero-order valence-electron chi connectivity index (χ0n) is 9.06. The van der Waals surface area contributed by atoms with Crippen molar-refractivity contribution in [2.24, 2.45) is 11.8 Å². The normalized spacial score (nSPS) is 34.0. The summed E-state index contributed by atoms with van der Waals surface area (Å²) in [5, 5.41) is 0. The highest BCUT2D eigenvalue weighted by Crippen LogP contribution is 2.35. The second kappa shape index (κ2) is 4.23. The fourth-order valence-electron chi connectivity index (χ4n) is 2.06. The first-order valence-corrected chi connectivity index (χ1v) is 5.39. The van der Waals surface area contributed by atoms with Crippen LogP contribution in [-0.4, -0.2) is 25.5 Å². The smallest absolute Gasteiger partial charge is 0.373 e. The minimum atomic E-state index is -0.390. The van der Waals surface area contributed by atoms with Gasteiger partial charge in [-0.15, -0.1) is 0 Å². The number of hydrogen-bond acceptors (Lipinski definition) is 4. The fraction of sp³-hybridized carbons (Fsp3) is 0.727. The first-order chi connectivity index (χ1) is 7.22. The van der Waals surface area contributed by atoms with Crippen LogP contribution < -0.4 is 0 Å². The zero-order valence-corrected chi connectivity index (χ0v) is 9.06. The molecule has 2 rings (SSSR count). The van der Waals surface area contributed by atoms with Crippen LogP contribution in [0.1, 0.15) is 20.3 Å². The molecular formula is C11H16O4.